The smallest absolute Gasteiger partial charge is 0.130 e. The molecule has 2 aromatic rings. The van der Waals surface area contributed by atoms with Gasteiger partial charge in [-0.15, -0.1) is 0 Å². The molecule has 102 valence electrons. The Morgan fingerprint density at radius 1 is 1.47 bits per heavy atom. The Balaban J connectivity index is 2.53. The maximum Gasteiger partial charge on any atom is 0.130 e. The number of aryl methyl sites for hydroxylation is 1. The summed E-state index contributed by atoms with van der Waals surface area (Å²) in [4.78, 5) is 0. The molecule has 1 N–H and O–H groups in total. The summed E-state index contributed by atoms with van der Waals surface area (Å²) < 4.78 is 15.7. The van der Waals surface area contributed by atoms with Crippen LogP contribution in [0.5, 0.6) is 0 Å². The van der Waals surface area contributed by atoms with Crippen molar-refractivity contribution < 1.29 is 4.39 Å². The number of hydrogen-bond donors (Lipinski definition) is 1. The number of nitrogens with one attached hydrogen (secondary N) is 1. The molecule has 1 atom stereocenters. The molecule has 0 aliphatic carbocycles. The number of nitrogens with zero attached hydrogens (tertiary/aromatic N) is 2. The van der Waals surface area contributed by atoms with Gasteiger partial charge in [0.25, 0.3) is 0 Å². The summed E-state index contributed by atoms with van der Waals surface area (Å²) in [5, 5.41) is 8.11. The highest BCUT2D eigenvalue weighted by atomic mass is 35.5. The van der Waals surface area contributed by atoms with Crippen LogP contribution in [0.1, 0.15) is 31.1 Å². The lowest BCUT2D eigenvalue weighted by molar-refractivity contribution is 0.536. The molecular weight excluding hydrogens is 265 g/mol. The van der Waals surface area contributed by atoms with Crippen molar-refractivity contribution in [1.82, 2.24) is 15.1 Å². The lowest BCUT2D eigenvalue weighted by Crippen LogP contribution is -2.21. The van der Waals surface area contributed by atoms with E-state index < -0.39 is 0 Å². The first-order valence-electron chi connectivity index (χ1n) is 6.28. The molecular formula is C14H17ClFN3. The van der Waals surface area contributed by atoms with Crippen LogP contribution in [0, 0.1) is 12.7 Å². The van der Waals surface area contributed by atoms with Crippen LogP contribution in [-0.4, -0.2) is 16.3 Å². The number of hydrogen-bond acceptors (Lipinski definition) is 2. The van der Waals surface area contributed by atoms with Crippen LogP contribution in [-0.2, 0) is 0 Å². The first kappa shape index (κ1) is 14.0. The molecule has 0 fully saturated rings. The minimum absolute atomic E-state index is 0.0931. The zero-order chi connectivity index (χ0) is 14.0. The highest BCUT2D eigenvalue weighted by molar-refractivity contribution is 6.31. The van der Waals surface area contributed by atoms with E-state index in [1.165, 1.54) is 6.07 Å². The fourth-order valence-corrected chi connectivity index (χ4v) is 2.25. The molecule has 0 aliphatic rings. The van der Waals surface area contributed by atoms with E-state index in [1.54, 1.807) is 16.9 Å². The monoisotopic (exact) mass is 281 g/mol. The third-order valence-corrected chi connectivity index (χ3v) is 3.43. The Morgan fingerprint density at radius 3 is 2.79 bits per heavy atom. The average molecular weight is 282 g/mol. The van der Waals surface area contributed by atoms with Crippen LogP contribution in [0.2, 0.25) is 5.02 Å². The first-order chi connectivity index (χ1) is 9.04. The predicted octanol–water partition coefficient (Wildman–Crippen LogP) is 3.64. The molecule has 0 spiro atoms. The van der Waals surface area contributed by atoms with Gasteiger partial charge in [0.1, 0.15) is 5.82 Å². The SMILES string of the molecule is CCNC(C)c1c(F)cccc1-n1cc(Cl)c(C)n1. The average Bonchev–Trinajstić information content (AvgIpc) is 2.69. The molecule has 19 heavy (non-hydrogen) atoms. The molecule has 1 unspecified atom stereocenters. The summed E-state index contributed by atoms with van der Waals surface area (Å²) in [5.41, 5.74) is 2.04. The lowest BCUT2D eigenvalue weighted by atomic mass is 10.1. The second kappa shape index (κ2) is 5.72. The number of halogens is 2. The molecule has 0 bridgehead atoms. The van der Waals surface area contributed by atoms with Crippen molar-refractivity contribution in [2.45, 2.75) is 26.8 Å². The summed E-state index contributed by atoms with van der Waals surface area (Å²) in [5.74, 6) is -0.241. The van der Waals surface area contributed by atoms with Gasteiger partial charge in [0.2, 0.25) is 0 Å². The van der Waals surface area contributed by atoms with Crippen molar-refractivity contribution in [2.24, 2.45) is 0 Å². The Hall–Kier alpha value is -1.39. The topological polar surface area (TPSA) is 29.9 Å². The Kier molecular flexibility index (Phi) is 4.22. The van der Waals surface area contributed by atoms with Crippen LogP contribution >= 0.6 is 11.6 Å². The van der Waals surface area contributed by atoms with E-state index in [2.05, 4.69) is 10.4 Å². The largest absolute Gasteiger partial charge is 0.310 e. The Bertz CT molecular complexity index is 561. The third-order valence-electron chi connectivity index (χ3n) is 3.06. The van der Waals surface area contributed by atoms with E-state index in [0.717, 1.165) is 12.2 Å². The minimum atomic E-state index is -0.241. The predicted molar refractivity (Wildman–Crippen MR) is 75.4 cm³/mol. The third kappa shape index (κ3) is 2.80. The summed E-state index contributed by atoms with van der Waals surface area (Å²) in [7, 11) is 0. The van der Waals surface area contributed by atoms with Gasteiger partial charge in [0.15, 0.2) is 0 Å². The number of aromatic nitrogens is 2. The van der Waals surface area contributed by atoms with Gasteiger partial charge in [-0.3, -0.25) is 0 Å². The molecule has 1 aromatic carbocycles. The summed E-state index contributed by atoms with van der Waals surface area (Å²) >= 11 is 6.02. The van der Waals surface area contributed by atoms with Gasteiger partial charge >= 0.3 is 0 Å². The van der Waals surface area contributed by atoms with E-state index in [-0.39, 0.29) is 11.9 Å². The highest BCUT2D eigenvalue weighted by Gasteiger charge is 2.17. The lowest BCUT2D eigenvalue weighted by Gasteiger charge is -2.18. The van der Waals surface area contributed by atoms with Crippen molar-refractivity contribution in [2.75, 3.05) is 6.54 Å². The zero-order valence-electron chi connectivity index (χ0n) is 11.2. The molecule has 0 amide bonds. The summed E-state index contributed by atoms with van der Waals surface area (Å²) in [6.07, 6.45) is 1.70. The maximum atomic E-state index is 14.1. The molecule has 0 saturated heterocycles. The van der Waals surface area contributed by atoms with E-state index in [0.29, 0.717) is 16.3 Å². The fraction of sp³-hybridized carbons (Fsp3) is 0.357. The van der Waals surface area contributed by atoms with Crippen LogP contribution in [0.15, 0.2) is 24.4 Å². The second-order valence-electron chi connectivity index (χ2n) is 4.46. The quantitative estimate of drug-likeness (QED) is 0.927. The van der Waals surface area contributed by atoms with Crippen LogP contribution < -0.4 is 5.32 Å². The first-order valence-corrected chi connectivity index (χ1v) is 6.66. The van der Waals surface area contributed by atoms with Gasteiger partial charge < -0.3 is 5.32 Å². The molecule has 1 heterocycles. The van der Waals surface area contributed by atoms with Gasteiger partial charge in [0.05, 0.1) is 16.4 Å². The van der Waals surface area contributed by atoms with Crippen molar-refractivity contribution in [3.63, 3.8) is 0 Å². The zero-order valence-corrected chi connectivity index (χ0v) is 12.0. The van der Waals surface area contributed by atoms with Crippen LogP contribution in [0.25, 0.3) is 5.69 Å². The molecule has 1 aromatic heterocycles. The van der Waals surface area contributed by atoms with E-state index in [4.69, 9.17) is 11.6 Å². The number of rotatable bonds is 4. The van der Waals surface area contributed by atoms with Gasteiger partial charge in [0, 0.05) is 17.8 Å². The van der Waals surface area contributed by atoms with Gasteiger partial charge in [-0.25, -0.2) is 9.07 Å². The van der Waals surface area contributed by atoms with Crippen molar-refractivity contribution >= 4 is 11.6 Å². The molecule has 2 rings (SSSR count). The second-order valence-corrected chi connectivity index (χ2v) is 4.87. The summed E-state index contributed by atoms with van der Waals surface area (Å²) in [6.45, 7) is 6.52. The van der Waals surface area contributed by atoms with E-state index in [1.807, 2.05) is 26.8 Å². The minimum Gasteiger partial charge on any atom is -0.310 e. The highest BCUT2D eigenvalue weighted by Crippen LogP contribution is 2.26. The Morgan fingerprint density at radius 2 is 2.21 bits per heavy atom. The van der Waals surface area contributed by atoms with Crippen LogP contribution in [0.3, 0.4) is 0 Å². The van der Waals surface area contributed by atoms with E-state index >= 15 is 0 Å². The van der Waals surface area contributed by atoms with Crippen molar-refractivity contribution in [1.29, 1.82) is 0 Å². The van der Waals surface area contributed by atoms with Crippen molar-refractivity contribution in [3.8, 4) is 5.69 Å². The number of benzene rings is 1. The van der Waals surface area contributed by atoms with Gasteiger partial charge in [-0.05, 0) is 32.5 Å². The maximum absolute atomic E-state index is 14.1. The Labute approximate surface area is 117 Å². The normalized spacial score (nSPS) is 12.7. The molecule has 0 saturated carbocycles. The van der Waals surface area contributed by atoms with Crippen LogP contribution in [0.4, 0.5) is 4.39 Å². The molecule has 3 nitrogen and oxygen atoms in total. The van der Waals surface area contributed by atoms with E-state index in [9.17, 15) is 4.39 Å². The van der Waals surface area contributed by atoms with Gasteiger partial charge in [-0.2, -0.15) is 5.10 Å². The molecule has 0 aliphatic heterocycles. The van der Waals surface area contributed by atoms with Gasteiger partial charge in [-0.1, -0.05) is 24.6 Å². The van der Waals surface area contributed by atoms with Crippen molar-refractivity contribution in [3.05, 3.63) is 46.5 Å². The molecule has 0 radical (unpaired) electrons. The molecule has 5 heteroatoms. The standard InChI is InChI=1S/C14H17ClFN3/c1-4-17-10(3)14-12(16)6-5-7-13(14)19-8-11(15)9(2)18-19/h5-8,10,17H,4H2,1-3H3. The fourth-order valence-electron chi connectivity index (χ4n) is 2.12. The summed E-state index contributed by atoms with van der Waals surface area (Å²) in [6, 6.07) is 4.89.